The first-order valence-corrected chi connectivity index (χ1v) is 10.8. The first-order chi connectivity index (χ1) is 13.5. The van der Waals surface area contributed by atoms with Crippen molar-refractivity contribution in [2.24, 2.45) is 29.1 Å². The Kier molecular flexibility index (Phi) is 5.39. The Morgan fingerprint density at radius 1 is 1.00 bits per heavy atom. The number of ether oxygens (including phenoxy) is 1. The van der Waals surface area contributed by atoms with E-state index in [0.717, 1.165) is 37.0 Å². The number of benzene rings is 1. The van der Waals surface area contributed by atoms with Gasteiger partial charge in [-0.05, 0) is 68.6 Å². The van der Waals surface area contributed by atoms with Crippen molar-refractivity contribution in [3.05, 3.63) is 35.9 Å². The molecule has 1 unspecified atom stereocenters. The van der Waals surface area contributed by atoms with Crippen molar-refractivity contribution >= 4 is 17.5 Å². The lowest BCUT2D eigenvalue weighted by atomic mass is 9.48. The molecular weight excluding hydrogens is 352 g/mol. The van der Waals surface area contributed by atoms with Gasteiger partial charge in [0, 0.05) is 18.4 Å². The zero-order chi connectivity index (χ0) is 19.7. The highest BCUT2D eigenvalue weighted by molar-refractivity contribution is 6.06. The first kappa shape index (κ1) is 19.4. The molecule has 1 atom stereocenters. The van der Waals surface area contributed by atoms with Crippen LogP contribution in [0.1, 0.15) is 68.6 Å². The molecule has 0 aliphatic heterocycles. The number of rotatable bonds is 8. The second kappa shape index (κ2) is 7.81. The maximum atomic E-state index is 13.3. The van der Waals surface area contributed by atoms with Gasteiger partial charge in [0.25, 0.3) is 0 Å². The molecule has 4 aliphatic rings. The molecule has 0 saturated heterocycles. The summed E-state index contributed by atoms with van der Waals surface area (Å²) in [6, 6.07) is 8.90. The zero-order valence-electron chi connectivity index (χ0n) is 16.7. The molecule has 4 nitrogen and oxygen atoms in total. The van der Waals surface area contributed by atoms with E-state index < -0.39 is 11.9 Å². The molecule has 4 bridgehead atoms. The highest BCUT2D eigenvalue weighted by atomic mass is 16.5. The Hall–Kier alpha value is -1.97. The van der Waals surface area contributed by atoms with Crippen molar-refractivity contribution in [3.8, 4) is 0 Å². The summed E-state index contributed by atoms with van der Waals surface area (Å²) in [7, 11) is 0. The number of hydrogen-bond acceptors (Lipinski definition) is 4. The van der Waals surface area contributed by atoms with Crippen LogP contribution in [0.2, 0.25) is 0 Å². The lowest BCUT2D eigenvalue weighted by molar-refractivity contribution is -0.153. The molecule has 0 spiro atoms. The van der Waals surface area contributed by atoms with Crippen LogP contribution in [0, 0.1) is 29.1 Å². The van der Waals surface area contributed by atoms with E-state index in [1.165, 1.54) is 19.3 Å². The standard InChI is InChI=1S/C24H30O4/c1-2-28-23(27)20(11-21(25)19-6-4-3-5-7-19)22(26)15-24-12-16-8-17(13-24)10-18(9-16)14-24/h3-7,16-18,20H,2,8-15H2,1H3. The van der Waals surface area contributed by atoms with Crippen LogP contribution >= 0.6 is 0 Å². The van der Waals surface area contributed by atoms with Crippen molar-refractivity contribution in [3.63, 3.8) is 0 Å². The summed E-state index contributed by atoms with van der Waals surface area (Å²) in [4.78, 5) is 38.5. The lowest BCUT2D eigenvalue weighted by Gasteiger charge is -2.57. The van der Waals surface area contributed by atoms with Gasteiger partial charge in [-0.1, -0.05) is 30.3 Å². The number of Topliss-reactive ketones (excluding diaryl/α,β-unsaturated/α-hetero) is 2. The fourth-order valence-electron chi connectivity index (χ4n) is 6.50. The van der Waals surface area contributed by atoms with Crippen LogP contribution in [-0.2, 0) is 14.3 Å². The number of carbonyl (C=O) groups is 3. The van der Waals surface area contributed by atoms with Gasteiger partial charge in [0.15, 0.2) is 5.78 Å². The molecule has 1 aromatic carbocycles. The molecule has 4 fully saturated rings. The Labute approximate surface area is 167 Å². The highest BCUT2D eigenvalue weighted by Gasteiger charge is 2.52. The Morgan fingerprint density at radius 3 is 2.11 bits per heavy atom. The van der Waals surface area contributed by atoms with E-state index in [1.807, 2.05) is 6.07 Å². The summed E-state index contributed by atoms with van der Waals surface area (Å²) >= 11 is 0. The number of carbonyl (C=O) groups excluding carboxylic acids is 3. The van der Waals surface area contributed by atoms with Gasteiger partial charge in [0.05, 0.1) is 6.61 Å². The third-order valence-electron chi connectivity index (χ3n) is 7.16. The molecule has 150 valence electrons. The Balaban J connectivity index is 1.49. The van der Waals surface area contributed by atoms with Crippen molar-refractivity contribution in [2.75, 3.05) is 6.61 Å². The van der Waals surface area contributed by atoms with Gasteiger partial charge in [-0.25, -0.2) is 0 Å². The largest absolute Gasteiger partial charge is 0.465 e. The van der Waals surface area contributed by atoms with Crippen molar-refractivity contribution in [1.82, 2.24) is 0 Å². The summed E-state index contributed by atoms with van der Waals surface area (Å²) < 4.78 is 5.17. The van der Waals surface area contributed by atoms with Gasteiger partial charge in [-0.3, -0.25) is 14.4 Å². The maximum Gasteiger partial charge on any atom is 0.316 e. The van der Waals surface area contributed by atoms with Crippen LogP contribution in [0.4, 0.5) is 0 Å². The van der Waals surface area contributed by atoms with E-state index in [1.54, 1.807) is 31.2 Å². The molecule has 4 saturated carbocycles. The third kappa shape index (κ3) is 3.92. The molecule has 0 N–H and O–H groups in total. The summed E-state index contributed by atoms with van der Waals surface area (Å²) in [5, 5.41) is 0. The second-order valence-corrected chi connectivity index (χ2v) is 9.36. The van der Waals surface area contributed by atoms with E-state index in [9.17, 15) is 14.4 Å². The summed E-state index contributed by atoms with van der Waals surface area (Å²) in [5.41, 5.74) is 0.603. The fraction of sp³-hybridized carbons (Fsp3) is 0.625. The summed E-state index contributed by atoms with van der Waals surface area (Å²) in [6.45, 7) is 1.96. The molecule has 0 radical (unpaired) electrons. The average molecular weight is 383 g/mol. The number of hydrogen-bond donors (Lipinski definition) is 0. The van der Waals surface area contributed by atoms with Crippen molar-refractivity contribution in [2.45, 2.75) is 58.3 Å². The van der Waals surface area contributed by atoms with Gasteiger partial charge >= 0.3 is 5.97 Å². The van der Waals surface area contributed by atoms with Gasteiger partial charge in [-0.15, -0.1) is 0 Å². The van der Waals surface area contributed by atoms with Gasteiger partial charge < -0.3 is 4.74 Å². The van der Waals surface area contributed by atoms with Gasteiger partial charge in [0.2, 0.25) is 0 Å². The van der Waals surface area contributed by atoms with E-state index >= 15 is 0 Å². The first-order valence-electron chi connectivity index (χ1n) is 10.8. The Bertz CT molecular complexity index is 716. The summed E-state index contributed by atoms with van der Waals surface area (Å²) in [6.07, 6.45) is 7.66. The molecule has 4 aliphatic carbocycles. The third-order valence-corrected chi connectivity index (χ3v) is 7.16. The molecule has 0 amide bonds. The quantitative estimate of drug-likeness (QED) is 0.374. The summed E-state index contributed by atoms with van der Waals surface area (Å²) in [5.74, 6) is 0.493. The molecule has 4 heteroatoms. The maximum absolute atomic E-state index is 13.3. The van der Waals surface area contributed by atoms with Crippen LogP contribution in [0.15, 0.2) is 30.3 Å². The van der Waals surface area contributed by atoms with E-state index in [2.05, 4.69) is 0 Å². The monoisotopic (exact) mass is 382 g/mol. The van der Waals surface area contributed by atoms with Gasteiger partial charge in [-0.2, -0.15) is 0 Å². The smallest absolute Gasteiger partial charge is 0.316 e. The lowest BCUT2D eigenvalue weighted by Crippen LogP contribution is -2.47. The van der Waals surface area contributed by atoms with E-state index in [-0.39, 0.29) is 30.0 Å². The SMILES string of the molecule is CCOC(=O)C(CC(=O)c1ccccc1)C(=O)CC12CC3CC(CC(C3)C1)C2. The van der Waals surface area contributed by atoms with Crippen LogP contribution in [-0.4, -0.2) is 24.1 Å². The molecule has 0 aromatic heterocycles. The molecule has 5 rings (SSSR count). The average Bonchev–Trinajstić information content (AvgIpc) is 2.65. The van der Waals surface area contributed by atoms with Crippen molar-refractivity contribution in [1.29, 1.82) is 0 Å². The zero-order valence-corrected chi connectivity index (χ0v) is 16.7. The van der Waals surface area contributed by atoms with Crippen LogP contribution in [0.5, 0.6) is 0 Å². The predicted octanol–water partition coefficient (Wildman–Crippen LogP) is 4.61. The second-order valence-electron chi connectivity index (χ2n) is 9.36. The highest BCUT2D eigenvalue weighted by Crippen LogP contribution is 2.61. The normalized spacial score (nSPS) is 31.4. The van der Waals surface area contributed by atoms with E-state index in [0.29, 0.717) is 12.0 Å². The predicted molar refractivity (Wildman–Crippen MR) is 106 cm³/mol. The van der Waals surface area contributed by atoms with E-state index in [4.69, 9.17) is 4.74 Å². The molecule has 1 aromatic rings. The minimum atomic E-state index is -0.972. The van der Waals surface area contributed by atoms with Crippen LogP contribution in [0.3, 0.4) is 0 Å². The van der Waals surface area contributed by atoms with Crippen molar-refractivity contribution < 1.29 is 19.1 Å². The molecule has 0 heterocycles. The molecular formula is C24H30O4. The topological polar surface area (TPSA) is 60.4 Å². The number of ketones is 2. The van der Waals surface area contributed by atoms with Gasteiger partial charge in [0.1, 0.15) is 11.7 Å². The van der Waals surface area contributed by atoms with Crippen LogP contribution < -0.4 is 0 Å². The number of esters is 1. The Morgan fingerprint density at radius 2 is 1.57 bits per heavy atom. The molecule has 28 heavy (non-hydrogen) atoms. The minimum absolute atomic E-state index is 0.0619. The minimum Gasteiger partial charge on any atom is -0.465 e. The van der Waals surface area contributed by atoms with Crippen LogP contribution in [0.25, 0.3) is 0 Å². The fourth-order valence-corrected chi connectivity index (χ4v) is 6.50.